The van der Waals surface area contributed by atoms with Gasteiger partial charge in [-0.05, 0) is 31.4 Å². The second-order valence-corrected chi connectivity index (χ2v) is 5.84. The fourth-order valence-electron chi connectivity index (χ4n) is 3.06. The Balaban J connectivity index is 2.02. The quantitative estimate of drug-likeness (QED) is 0.859. The Kier molecular flexibility index (Phi) is 4.79. The molecule has 1 aromatic rings. The molecule has 0 bridgehead atoms. The molecule has 2 rings (SSSR count). The highest BCUT2D eigenvalue weighted by Crippen LogP contribution is 2.25. The van der Waals surface area contributed by atoms with Crippen molar-refractivity contribution in [3.63, 3.8) is 0 Å². The number of hydrogen-bond acceptors (Lipinski definition) is 2. The summed E-state index contributed by atoms with van der Waals surface area (Å²) in [4.78, 5) is 2.65. The summed E-state index contributed by atoms with van der Waals surface area (Å²) in [6, 6.07) is 12.2. The predicted octanol–water partition coefficient (Wildman–Crippen LogP) is 2.90. The van der Waals surface area contributed by atoms with Gasteiger partial charge < -0.3 is 5.32 Å². The molecule has 100 valence electrons. The minimum atomic E-state index is 0.663. The molecule has 0 aromatic heterocycles. The average Bonchev–Trinajstić information content (AvgIpc) is 2.72. The molecule has 0 amide bonds. The van der Waals surface area contributed by atoms with Crippen molar-refractivity contribution < 1.29 is 0 Å². The van der Waals surface area contributed by atoms with E-state index in [9.17, 15) is 0 Å². The molecule has 0 spiro atoms. The predicted molar refractivity (Wildman–Crippen MR) is 77.6 cm³/mol. The van der Waals surface area contributed by atoms with Crippen LogP contribution >= 0.6 is 0 Å². The molecule has 1 fully saturated rings. The maximum atomic E-state index is 3.49. The van der Waals surface area contributed by atoms with Crippen molar-refractivity contribution in [1.29, 1.82) is 0 Å². The molecule has 1 saturated heterocycles. The van der Waals surface area contributed by atoms with E-state index in [1.54, 1.807) is 0 Å². The highest BCUT2D eigenvalue weighted by molar-refractivity contribution is 5.15. The van der Waals surface area contributed by atoms with Gasteiger partial charge in [-0.15, -0.1) is 0 Å². The summed E-state index contributed by atoms with van der Waals surface area (Å²) in [5.74, 6) is 0.766. The van der Waals surface area contributed by atoms with Gasteiger partial charge in [0.1, 0.15) is 0 Å². The van der Waals surface area contributed by atoms with Crippen molar-refractivity contribution in [2.45, 2.75) is 45.3 Å². The van der Waals surface area contributed by atoms with E-state index >= 15 is 0 Å². The van der Waals surface area contributed by atoms with Crippen LogP contribution in [-0.2, 0) is 6.54 Å². The highest BCUT2D eigenvalue weighted by atomic mass is 15.2. The van der Waals surface area contributed by atoms with E-state index in [4.69, 9.17) is 0 Å². The summed E-state index contributed by atoms with van der Waals surface area (Å²) >= 11 is 0. The number of likely N-dealkylation sites (N-methyl/N-ethyl adjacent to an activating group) is 1. The van der Waals surface area contributed by atoms with Crippen molar-refractivity contribution in [3.05, 3.63) is 35.9 Å². The standard InChI is InChI=1S/C16H26N2/c1-13(2)11-16-15(17-3)9-10-18(16)12-14-7-5-4-6-8-14/h4-8,13,15-17H,9-12H2,1-3H3. The van der Waals surface area contributed by atoms with Crippen molar-refractivity contribution in [3.8, 4) is 0 Å². The van der Waals surface area contributed by atoms with Gasteiger partial charge in [0.25, 0.3) is 0 Å². The van der Waals surface area contributed by atoms with Crippen LogP contribution in [0.25, 0.3) is 0 Å². The van der Waals surface area contributed by atoms with Crippen molar-refractivity contribution >= 4 is 0 Å². The average molecular weight is 246 g/mol. The number of hydrogen-bond donors (Lipinski definition) is 1. The summed E-state index contributed by atoms with van der Waals surface area (Å²) in [6.07, 6.45) is 2.57. The first-order valence-electron chi connectivity index (χ1n) is 7.16. The third-order valence-corrected chi connectivity index (χ3v) is 3.97. The fourth-order valence-corrected chi connectivity index (χ4v) is 3.06. The van der Waals surface area contributed by atoms with Crippen LogP contribution in [0.15, 0.2) is 30.3 Å². The number of nitrogens with one attached hydrogen (secondary N) is 1. The lowest BCUT2D eigenvalue weighted by atomic mass is 9.98. The molecule has 1 aliphatic rings. The van der Waals surface area contributed by atoms with Crippen molar-refractivity contribution in [2.75, 3.05) is 13.6 Å². The minimum absolute atomic E-state index is 0.663. The maximum Gasteiger partial charge on any atom is 0.0255 e. The van der Waals surface area contributed by atoms with E-state index in [-0.39, 0.29) is 0 Å². The smallest absolute Gasteiger partial charge is 0.0255 e. The zero-order valence-electron chi connectivity index (χ0n) is 11.9. The molecule has 18 heavy (non-hydrogen) atoms. The Labute approximate surface area is 111 Å². The summed E-state index contributed by atoms with van der Waals surface area (Å²) in [5, 5.41) is 3.49. The molecule has 2 unspecified atom stereocenters. The molecule has 2 nitrogen and oxygen atoms in total. The third-order valence-electron chi connectivity index (χ3n) is 3.97. The van der Waals surface area contributed by atoms with Crippen LogP contribution in [0.2, 0.25) is 0 Å². The van der Waals surface area contributed by atoms with Gasteiger partial charge in [-0.1, -0.05) is 44.2 Å². The van der Waals surface area contributed by atoms with Crippen LogP contribution in [0.4, 0.5) is 0 Å². The maximum absolute atomic E-state index is 3.49. The van der Waals surface area contributed by atoms with Gasteiger partial charge in [0.2, 0.25) is 0 Å². The van der Waals surface area contributed by atoms with Crippen LogP contribution in [0.3, 0.4) is 0 Å². The van der Waals surface area contributed by atoms with E-state index in [2.05, 4.69) is 61.4 Å². The SMILES string of the molecule is CNC1CCN(Cc2ccccc2)C1CC(C)C. The lowest BCUT2D eigenvalue weighted by Crippen LogP contribution is -2.41. The zero-order chi connectivity index (χ0) is 13.0. The van der Waals surface area contributed by atoms with E-state index in [1.807, 2.05) is 0 Å². The van der Waals surface area contributed by atoms with E-state index in [0.717, 1.165) is 12.5 Å². The highest BCUT2D eigenvalue weighted by Gasteiger charge is 2.33. The minimum Gasteiger partial charge on any atom is -0.315 e. The number of nitrogens with zero attached hydrogens (tertiary/aromatic N) is 1. The fraction of sp³-hybridized carbons (Fsp3) is 0.625. The first-order chi connectivity index (χ1) is 8.70. The van der Waals surface area contributed by atoms with Crippen molar-refractivity contribution in [2.24, 2.45) is 5.92 Å². The Bertz CT molecular complexity index is 347. The molecule has 1 N–H and O–H groups in total. The Morgan fingerprint density at radius 3 is 2.61 bits per heavy atom. The Hall–Kier alpha value is -0.860. The summed E-state index contributed by atoms with van der Waals surface area (Å²) in [5.41, 5.74) is 1.43. The number of benzene rings is 1. The van der Waals surface area contributed by atoms with E-state index in [1.165, 1.54) is 24.9 Å². The Morgan fingerprint density at radius 2 is 2.00 bits per heavy atom. The second kappa shape index (κ2) is 6.35. The van der Waals surface area contributed by atoms with Crippen LogP contribution in [0, 0.1) is 5.92 Å². The molecule has 1 heterocycles. The molecule has 1 aliphatic heterocycles. The van der Waals surface area contributed by atoms with Gasteiger partial charge in [-0.25, -0.2) is 0 Å². The van der Waals surface area contributed by atoms with Gasteiger partial charge >= 0.3 is 0 Å². The Morgan fingerprint density at radius 1 is 1.28 bits per heavy atom. The zero-order valence-corrected chi connectivity index (χ0v) is 11.9. The lowest BCUT2D eigenvalue weighted by Gasteiger charge is -2.29. The summed E-state index contributed by atoms with van der Waals surface area (Å²) < 4.78 is 0. The number of likely N-dealkylation sites (tertiary alicyclic amines) is 1. The van der Waals surface area contributed by atoms with Gasteiger partial charge in [-0.3, -0.25) is 4.90 Å². The van der Waals surface area contributed by atoms with E-state index in [0.29, 0.717) is 12.1 Å². The topological polar surface area (TPSA) is 15.3 Å². The monoisotopic (exact) mass is 246 g/mol. The molecule has 2 heteroatoms. The normalized spacial score (nSPS) is 24.9. The van der Waals surface area contributed by atoms with E-state index < -0.39 is 0 Å². The van der Waals surface area contributed by atoms with Crippen LogP contribution in [0.5, 0.6) is 0 Å². The van der Waals surface area contributed by atoms with Gasteiger partial charge in [0, 0.05) is 25.2 Å². The van der Waals surface area contributed by atoms with Crippen LogP contribution < -0.4 is 5.32 Å². The number of rotatable bonds is 5. The molecule has 2 atom stereocenters. The molecular formula is C16H26N2. The molecule has 0 radical (unpaired) electrons. The molecule has 0 saturated carbocycles. The molecule has 0 aliphatic carbocycles. The van der Waals surface area contributed by atoms with Crippen molar-refractivity contribution in [1.82, 2.24) is 10.2 Å². The largest absolute Gasteiger partial charge is 0.315 e. The second-order valence-electron chi connectivity index (χ2n) is 5.84. The lowest BCUT2D eigenvalue weighted by molar-refractivity contribution is 0.201. The third kappa shape index (κ3) is 3.33. The first kappa shape index (κ1) is 13.6. The van der Waals surface area contributed by atoms with Gasteiger partial charge in [-0.2, -0.15) is 0 Å². The van der Waals surface area contributed by atoms with Crippen LogP contribution in [-0.4, -0.2) is 30.6 Å². The summed E-state index contributed by atoms with van der Waals surface area (Å²) in [6.45, 7) is 6.96. The molecular weight excluding hydrogens is 220 g/mol. The van der Waals surface area contributed by atoms with Gasteiger partial charge in [0.05, 0.1) is 0 Å². The van der Waals surface area contributed by atoms with Crippen LogP contribution in [0.1, 0.15) is 32.3 Å². The summed E-state index contributed by atoms with van der Waals surface area (Å²) in [7, 11) is 2.10. The van der Waals surface area contributed by atoms with Gasteiger partial charge in [0.15, 0.2) is 0 Å². The molecule has 1 aromatic carbocycles. The first-order valence-corrected chi connectivity index (χ1v) is 7.16.